The van der Waals surface area contributed by atoms with E-state index in [9.17, 15) is 13.2 Å². The molecule has 7 nitrogen and oxygen atoms in total. The number of hydrogen-bond acceptors (Lipinski definition) is 5. The molecule has 1 aliphatic rings. The number of piperidine rings is 1. The molecule has 1 N–H and O–H groups in total. The molecule has 0 saturated carbocycles. The van der Waals surface area contributed by atoms with Crippen molar-refractivity contribution in [3.05, 3.63) is 28.7 Å². The quantitative estimate of drug-likeness (QED) is 0.888. The molecular weight excluding hydrogens is 306 g/mol. The molecule has 3 rings (SSSR count). The average molecular weight is 325 g/mol. The molecular formula is C14H19N3O4S. The summed E-state index contributed by atoms with van der Waals surface area (Å²) in [5, 5.41) is 3.21. The molecule has 2 aromatic rings. The fourth-order valence-electron chi connectivity index (χ4n) is 2.78. The van der Waals surface area contributed by atoms with Gasteiger partial charge >= 0.3 is 5.76 Å². The van der Waals surface area contributed by atoms with Crippen molar-refractivity contribution < 1.29 is 12.8 Å². The summed E-state index contributed by atoms with van der Waals surface area (Å²) in [6, 6.07) is 4.47. The normalized spacial score (nSPS) is 19.9. The van der Waals surface area contributed by atoms with Crippen molar-refractivity contribution in [3.8, 4) is 0 Å². The van der Waals surface area contributed by atoms with Crippen molar-refractivity contribution in [1.29, 1.82) is 0 Å². The average Bonchev–Trinajstić information content (AvgIpc) is 2.81. The SMILES string of the molecule is CN(C1CCCNC1)S(=O)(=O)c1ccc2c(c1)oc(=O)n2C. The third kappa shape index (κ3) is 2.47. The molecule has 2 heterocycles. The third-order valence-corrected chi connectivity index (χ3v) is 6.13. The second-order valence-corrected chi connectivity index (χ2v) is 7.58. The Bertz CT molecular complexity index is 847. The summed E-state index contributed by atoms with van der Waals surface area (Å²) in [5.74, 6) is -0.505. The van der Waals surface area contributed by atoms with Gasteiger partial charge in [-0.1, -0.05) is 0 Å². The first-order valence-corrected chi connectivity index (χ1v) is 8.63. The molecule has 0 bridgehead atoms. The lowest BCUT2D eigenvalue weighted by Gasteiger charge is -2.30. The van der Waals surface area contributed by atoms with E-state index in [2.05, 4.69) is 5.32 Å². The Labute approximate surface area is 128 Å². The fraction of sp³-hybridized carbons (Fsp3) is 0.500. The molecule has 1 aromatic heterocycles. The van der Waals surface area contributed by atoms with Crippen LogP contribution in [0.15, 0.2) is 32.3 Å². The van der Waals surface area contributed by atoms with E-state index >= 15 is 0 Å². The largest absolute Gasteiger partial charge is 0.419 e. The molecule has 1 saturated heterocycles. The number of hydrogen-bond donors (Lipinski definition) is 1. The first-order valence-electron chi connectivity index (χ1n) is 7.19. The van der Waals surface area contributed by atoms with Gasteiger partial charge in [0.15, 0.2) is 5.58 Å². The second kappa shape index (κ2) is 5.53. The van der Waals surface area contributed by atoms with Gasteiger partial charge in [0.2, 0.25) is 10.0 Å². The highest BCUT2D eigenvalue weighted by molar-refractivity contribution is 7.89. The number of oxazole rings is 1. The summed E-state index contributed by atoms with van der Waals surface area (Å²) in [4.78, 5) is 11.6. The van der Waals surface area contributed by atoms with E-state index in [1.165, 1.54) is 21.0 Å². The van der Waals surface area contributed by atoms with E-state index < -0.39 is 15.8 Å². The minimum Gasteiger partial charge on any atom is -0.408 e. The van der Waals surface area contributed by atoms with Crippen molar-refractivity contribution in [3.63, 3.8) is 0 Å². The van der Waals surface area contributed by atoms with Crippen LogP contribution in [-0.2, 0) is 17.1 Å². The van der Waals surface area contributed by atoms with Gasteiger partial charge in [-0.25, -0.2) is 13.2 Å². The molecule has 1 aliphatic heterocycles. The first kappa shape index (κ1) is 15.3. The summed E-state index contributed by atoms with van der Waals surface area (Å²) < 4.78 is 33.3. The second-order valence-electron chi connectivity index (χ2n) is 5.58. The van der Waals surface area contributed by atoms with Crippen molar-refractivity contribution >= 4 is 21.1 Å². The number of sulfonamides is 1. The predicted octanol–water partition coefficient (Wildman–Crippen LogP) is 0.504. The smallest absolute Gasteiger partial charge is 0.408 e. The Morgan fingerprint density at radius 1 is 1.41 bits per heavy atom. The molecule has 1 fully saturated rings. The molecule has 0 radical (unpaired) electrons. The van der Waals surface area contributed by atoms with Crippen molar-refractivity contribution in [2.24, 2.45) is 7.05 Å². The summed E-state index contributed by atoms with van der Waals surface area (Å²) >= 11 is 0. The molecule has 0 aliphatic carbocycles. The third-order valence-electron chi connectivity index (χ3n) is 4.23. The van der Waals surface area contributed by atoms with Crippen LogP contribution in [0.3, 0.4) is 0 Å². The van der Waals surface area contributed by atoms with Crippen LogP contribution in [0.25, 0.3) is 11.1 Å². The summed E-state index contributed by atoms with van der Waals surface area (Å²) in [6.45, 7) is 1.57. The van der Waals surface area contributed by atoms with Crippen LogP contribution in [0.2, 0.25) is 0 Å². The van der Waals surface area contributed by atoms with Gasteiger partial charge in [-0.15, -0.1) is 0 Å². The van der Waals surface area contributed by atoms with E-state index in [1.807, 2.05) is 0 Å². The number of aromatic nitrogens is 1. The summed E-state index contributed by atoms with van der Waals surface area (Å²) in [5.41, 5.74) is 0.856. The van der Waals surface area contributed by atoms with Crippen LogP contribution in [0.4, 0.5) is 0 Å². The first-order chi connectivity index (χ1) is 10.4. The molecule has 0 amide bonds. The topological polar surface area (TPSA) is 84.6 Å². The maximum absolute atomic E-state index is 12.7. The highest BCUT2D eigenvalue weighted by Crippen LogP contribution is 2.23. The maximum atomic E-state index is 12.7. The van der Waals surface area contributed by atoms with Crippen LogP contribution < -0.4 is 11.1 Å². The van der Waals surface area contributed by atoms with Crippen molar-refractivity contribution in [2.75, 3.05) is 20.1 Å². The number of fused-ring (bicyclic) bond motifs is 1. The van der Waals surface area contributed by atoms with Crippen molar-refractivity contribution in [2.45, 2.75) is 23.8 Å². The van der Waals surface area contributed by atoms with Crippen LogP contribution in [0.1, 0.15) is 12.8 Å². The van der Waals surface area contributed by atoms with Gasteiger partial charge in [0, 0.05) is 32.7 Å². The Morgan fingerprint density at radius 2 is 2.18 bits per heavy atom. The van der Waals surface area contributed by atoms with E-state index in [4.69, 9.17) is 4.42 Å². The zero-order valence-corrected chi connectivity index (χ0v) is 13.4. The van der Waals surface area contributed by atoms with Gasteiger partial charge in [0.25, 0.3) is 0 Å². The number of benzene rings is 1. The van der Waals surface area contributed by atoms with Crippen LogP contribution >= 0.6 is 0 Å². The molecule has 8 heteroatoms. The minimum absolute atomic E-state index is 0.0581. The standard InChI is InChI=1S/C14H19N3O4S/c1-16-12-6-5-11(8-13(12)21-14(16)18)22(19,20)17(2)10-4-3-7-15-9-10/h5-6,8,10,15H,3-4,7,9H2,1-2H3. The lowest BCUT2D eigenvalue weighted by Crippen LogP contribution is -2.46. The van der Waals surface area contributed by atoms with Gasteiger partial charge in [0.1, 0.15) is 0 Å². The zero-order valence-electron chi connectivity index (χ0n) is 12.6. The highest BCUT2D eigenvalue weighted by atomic mass is 32.2. The lowest BCUT2D eigenvalue weighted by molar-refractivity contribution is 0.300. The lowest BCUT2D eigenvalue weighted by atomic mass is 10.1. The van der Waals surface area contributed by atoms with Crippen LogP contribution in [0.5, 0.6) is 0 Å². The van der Waals surface area contributed by atoms with Crippen LogP contribution in [-0.4, -0.2) is 43.5 Å². The number of nitrogens with one attached hydrogen (secondary N) is 1. The van der Waals surface area contributed by atoms with E-state index in [1.54, 1.807) is 20.2 Å². The fourth-order valence-corrected chi connectivity index (χ4v) is 4.18. The van der Waals surface area contributed by atoms with E-state index in [0.717, 1.165) is 19.4 Å². The summed E-state index contributed by atoms with van der Waals surface area (Å²) in [6.07, 6.45) is 1.79. The predicted molar refractivity (Wildman–Crippen MR) is 82.3 cm³/mol. The highest BCUT2D eigenvalue weighted by Gasteiger charge is 2.29. The Hall–Kier alpha value is -1.64. The number of nitrogens with zero attached hydrogens (tertiary/aromatic N) is 2. The Kier molecular flexibility index (Phi) is 3.84. The molecule has 0 spiro atoms. The van der Waals surface area contributed by atoms with Gasteiger partial charge in [0.05, 0.1) is 10.4 Å². The number of rotatable bonds is 3. The number of aryl methyl sites for hydroxylation is 1. The molecule has 1 atom stereocenters. The van der Waals surface area contributed by atoms with Crippen LogP contribution in [0, 0.1) is 0 Å². The minimum atomic E-state index is -3.61. The molecule has 1 unspecified atom stereocenters. The van der Waals surface area contributed by atoms with Gasteiger partial charge < -0.3 is 9.73 Å². The monoisotopic (exact) mass is 325 g/mol. The Balaban J connectivity index is 1.99. The number of likely N-dealkylation sites (N-methyl/N-ethyl adjacent to an activating group) is 1. The van der Waals surface area contributed by atoms with E-state index in [0.29, 0.717) is 12.1 Å². The molecule has 1 aromatic carbocycles. The molecule has 22 heavy (non-hydrogen) atoms. The van der Waals surface area contributed by atoms with Gasteiger partial charge in [-0.05, 0) is 31.5 Å². The van der Waals surface area contributed by atoms with Gasteiger partial charge in [-0.2, -0.15) is 4.31 Å². The maximum Gasteiger partial charge on any atom is 0.419 e. The molecule has 120 valence electrons. The van der Waals surface area contributed by atoms with Crippen molar-refractivity contribution in [1.82, 2.24) is 14.2 Å². The van der Waals surface area contributed by atoms with Gasteiger partial charge in [-0.3, -0.25) is 4.57 Å². The summed E-state index contributed by atoms with van der Waals surface area (Å²) in [7, 11) is -0.431. The van der Waals surface area contributed by atoms with E-state index in [-0.39, 0.29) is 16.5 Å². The zero-order chi connectivity index (χ0) is 15.9. The Morgan fingerprint density at radius 3 is 2.86 bits per heavy atom.